The molecule has 4 heteroatoms. The van der Waals surface area contributed by atoms with Crippen LogP contribution in [0.2, 0.25) is 5.28 Å². The summed E-state index contributed by atoms with van der Waals surface area (Å²) in [6.07, 6.45) is 1.73. The lowest BCUT2D eigenvalue weighted by Gasteiger charge is -2.05. The van der Waals surface area contributed by atoms with Gasteiger partial charge >= 0.3 is 0 Å². The number of rotatable bonds is 5. The SMILES string of the molecule is C=CCOCCn1c(Cl)nc2ccccc21. The molecule has 2 aromatic rings. The summed E-state index contributed by atoms with van der Waals surface area (Å²) in [7, 11) is 0. The first-order chi connectivity index (χ1) is 7.83. The van der Waals surface area contributed by atoms with Crippen LogP contribution in [-0.2, 0) is 11.3 Å². The molecule has 84 valence electrons. The molecule has 0 aliphatic heterocycles. The minimum absolute atomic E-state index is 0.503. The van der Waals surface area contributed by atoms with Crippen LogP contribution in [0.3, 0.4) is 0 Å². The Labute approximate surface area is 99.3 Å². The highest BCUT2D eigenvalue weighted by molar-refractivity contribution is 6.29. The predicted octanol–water partition coefficient (Wildman–Crippen LogP) is 2.89. The van der Waals surface area contributed by atoms with Crippen molar-refractivity contribution in [2.24, 2.45) is 0 Å². The molecule has 0 aliphatic carbocycles. The van der Waals surface area contributed by atoms with E-state index in [1.807, 2.05) is 28.8 Å². The van der Waals surface area contributed by atoms with Crippen LogP contribution in [0.15, 0.2) is 36.9 Å². The van der Waals surface area contributed by atoms with E-state index in [4.69, 9.17) is 16.3 Å². The molecular weight excluding hydrogens is 224 g/mol. The van der Waals surface area contributed by atoms with Crippen molar-refractivity contribution in [3.8, 4) is 0 Å². The van der Waals surface area contributed by atoms with Crippen molar-refractivity contribution in [2.45, 2.75) is 6.54 Å². The number of benzene rings is 1. The fraction of sp³-hybridized carbons (Fsp3) is 0.250. The second-order valence-corrected chi connectivity index (χ2v) is 3.72. The van der Waals surface area contributed by atoms with Crippen LogP contribution in [-0.4, -0.2) is 22.8 Å². The highest BCUT2D eigenvalue weighted by Crippen LogP contribution is 2.18. The molecule has 0 unspecified atom stereocenters. The second kappa shape index (κ2) is 5.14. The zero-order valence-corrected chi connectivity index (χ0v) is 9.65. The van der Waals surface area contributed by atoms with Crippen molar-refractivity contribution < 1.29 is 4.74 Å². The van der Waals surface area contributed by atoms with Gasteiger partial charge in [-0.15, -0.1) is 6.58 Å². The van der Waals surface area contributed by atoms with Crippen LogP contribution in [0.5, 0.6) is 0 Å². The van der Waals surface area contributed by atoms with Crippen LogP contribution in [0.25, 0.3) is 11.0 Å². The summed E-state index contributed by atoms with van der Waals surface area (Å²) < 4.78 is 7.28. The summed E-state index contributed by atoms with van der Waals surface area (Å²) in [5.74, 6) is 0. The Bertz CT molecular complexity index is 493. The van der Waals surface area contributed by atoms with Gasteiger partial charge in [-0.25, -0.2) is 4.98 Å². The molecule has 3 nitrogen and oxygen atoms in total. The van der Waals surface area contributed by atoms with Crippen molar-refractivity contribution in [2.75, 3.05) is 13.2 Å². The summed E-state index contributed by atoms with van der Waals surface area (Å²) >= 11 is 6.06. The van der Waals surface area contributed by atoms with Gasteiger partial charge in [0.05, 0.1) is 24.2 Å². The first-order valence-corrected chi connectivity index (χ1v) is 5.50. The summed E-state index contributed by atoms with van der Waals surface area (Å²) in [5.41, 5.74) is 1.95. The van der Waals surface area contributed by atoms with Gasteiger partial charge in [-0.1, -0.05) is 18.2 Å². The zero-order chi connectivity index (χ0) is 11.4. The molecule has 0 saturated heterocycles. The third-order valence-electron chi connectivity index (χ3n) is 2.30. The van der Waals surface area contributed by atoms with E-state index < -0.39 is 0 Å². The van der Waals surface area contributed by atoms with Crippen molar-refractivity contribution in [3.05, 3.63) is 42.2 Å². The number of aromatic nitrogens is 2. The average Bonchev–Trinajstić information content (AvgIpc) is 2.61. The Kier molecular flexibility index (Phi) is 3.59. The standard InChI is InChI=1S/C12H13ClN2O/c1-2-8-16-9-7-15-11-6-4-3-5-10(11)14-12(15)13/h2-6H,1,7-9H2. The highest BCUT2D eigenvalue weighted by atomic mass is 35.5. The van der Waals surface area contributed by atoms with Gasteiger partial charge in [-0.05, 0) is 23.7 Å². The van der Waals surface area contributed by atoms with E-state index >= 15 is 0 Å². The molecule has 0 fully saturated rings. The fourth-order valence-electron chi connectivity index (χ4n) is 1.58. The first kappa shape index (κ1) is 11.2. The van der Waals surface area contributed by atoms with Crippen molar-refractivity contribution in [3.63, 3.8) is 0 Å². The number of imidazole rings is 1. The Morgan fingerprint density at radius 2 is 2.25 bits per heavy atom. The number of para-hydroxylation sites is 2. The van der Waals surface area contributed by atoms with E-state index in [0.29, 0.717) is 25.0 Å². The number of ether oxygens (including phenoxy) is 1. The van der Waals surface area contributed by atoms with Gasteiger partial charge in [0.25, 0.3) is 0 Å². The molecule has 1 aromatic heterocycles. The molecule has 0 spiro atoms. The molecule has 0 radical (unpaired) electrons. The maximum absolute atomic E-state index is 6.06. The third kappa shape index (κ3) is 2.26. The lowest BCUT2D eigenvalue weighted by Crippen LogP contribution is -2.05. The van der Waals surface area contributed by atoms with Gasteiger partial charge < -0.3 is 9.30 Å². The van der Waals surface area contributed by atoms with Gasteiger partial charge in [0.2, 0.25) is 5.28 Å². The molecule has 0 saturated carbocycles. The first-order valence-electron chi connectivity index (χ1n) is 5.12. The van der Waals surface area contributed by atoms with Crippen LogP contribution >= 0.6 is 11.6 Å². The van der Waals surface area contributed by atoms with E-state index in [0.717, 1.165) is 11.0 Å². The lowest BCUT2D eigenvalue weighted by atomic mass is 10.3. The van der Waals surface area contributed by atoms with E-state index in [1.165, 1.54) is 0 Å². The number of nitrogens with zero attached hydrogens (tertiary/aromatic N) is 2. The Morgan fingerprint density at radius 3 is 3.06 bits per heavy atom. The lowest BCUT2D eigenvalue weighted by molar-refractivity contribution is 0.154. The minimum Gasteiger partial charge on any atom is -0.376 e. The smallest absolute Gasteiger partial charge is 0.203 e. The second-order valence-electron chi connectivity index (χ2n) is 3.38. The molecule has 0 N–H and O–H groups in total. The number of hydrogen-bond acceptors (Lipinski definition) is 2. The van der Waals surface area contributed by atoms with E-state index in [9.17, 15) is 0 Å². The number of fused-ring (bicyclic) bond motifs is 1. The minimum atomic E-state index is 0.503. The van der Waals surface area contributed by atoms with Gasteiger partial charge in [0, 0.05) is 6.54 Å². The normalized spacial score (nSPS) is 10.8. The monoisotopic (exact) mass is 236 g/mol. The van der Waals surface area contributed by atoms with Crippen molar-refractivity contribution in [1.82, 2.24) is 9.55 Å². The Balaban J connectivity index is 2.16. The largest absolute Gasteiger partial charge is 0.376 e. The number of hydrogen-bond donors (Lipinski definition) is 0. The summed E-state index contributed by atoms with van der Waals surface area (Å²) in [6, 6.07) is 7.87. The summed E-state index contributed by atoms with van der Waals surface area (Å²) in [4.78, 5) is 4.26. The van der Waals surface area contributed by atoms with Crippen LogP contribution in [0.4, 0.5) is 0 Å². The molecule has 0 aliphatic rings. The highest BCUT2D eigenvalue weighted by Gasteiger charge is 2.07. The van der Waals surface area contributed by atoms with Crippen LogP contribution in [0, 0.1) is 0 Å². The Hall–Kier alpha value is -1.32. The quantitative estimate of drug-likeness (QED) is 0.590. The third-order valence-corrected chi connectivity index (χ3v) is 2.59. The molecule has 16 heavy (non-hydrogen) atoms. The molecule has 1 heterocycles. The Morgan fingerprint density at radius 1 is 1.44 bits per heavy atom. The van der Waals surface area contributed by atoms with Crippen molar-refractivity contribution in [1.29, 1.82) is 0 Å². The summed E-state index contributed by atoms with van der Waals surface area (Å²) in [5, 5.41) is 0.503. The number of halogens is 1. The van der Waals surface area contributed by atoms with Crippen LogP contribution in [0.1, 0.15) is 0 Å². The van der Waals surface area contributed by atoms with Gasteiger partial charge in [0.15, 0.2) is 0 Å². The fourth-order valence-corrected chi connectivity index (χ4v) is 1.85. The molecule has 2 rings (SSSR count). The zero-order valence-electron chi connectivity index (χ0n) is 8.90. The molecule has 0 bridgehead atoms. The molecule has 0 atom stereocenters. The topological polar surface area (TPSA) is 27.1 Å². The molecular formula is C12H13ClN2O. The van der Waals surface area contributed by atoms with Gasteiger partial charge in [0.1, 0.15) is 0 Å². The van der Waals surface area contributed by atoms with E-state index in [1.54, 1.807) is 6.08 Å². The van der Waals surface area contributed by atoms with Crippen molar-refractivity contribution >= 4 is 22.6 Å². The predicted molar refractivity (Wildman–Crippen MR) is 65.8 cm³/mol. The van der Waals surface area contributed by atoms with Gasteiger partial charge in [-0.3, -0.25) is 0 Å². The van der Waals surface area contributed by atoms with E-state index in [2.05, 4.69) is 11.6 Å². The molecule has 0 amide bonds. The van der Waals surface area contributed by atoms with Crippen LogP contribution < -0.4 is 0 Å². The van der Waals surface area contributed by atoms with Gasteiger partial charge in [-0.2, -0.15) is 0 Å². The van der Waals surface area contributed by atoms with E-state index in [-0.39, 0.29) is 0 Å². The average molecular weight is 237 g/mol. The molecule has 1 aromatic carbocycles. The summed E-state index contributed by atoms with van der Waals surface area (Å²) in [6.45, 7) is 5.46. The maximum atomic E-state index is 6.06. The maximum Gasteiger partial charge on any atom is 0.203 e.